The van der Waals surface area contributed by atoms with Crippen LogP contribution in [0.15, 0.2) is 18.5 Å². The van der Waals surface area contributed by atoms with Gasteiger partial charge in [-0.1, -0.05) is 6.92 Å². The van der Waals surface area contributed by atoms with E-state index in [1.807, 2.05) is 12.3 Å². The van der Waals surface area contributed by atoms with E-state index in [0.29, 0.717) is 13.0 Å². The van der Waals surface area contributed by atoms with Crippen molar-refractivity contribution in [2.45, 2.75) is 19.9 Å². The Kier molecular flexibility index (Phi) is 3.48. The van der Waals surface area contributed by atoms with Crippen LogP contribution in [0.2, 0.25) is 0 Å². The van der Waals surface area contributed by atoms with E-state index >= 15 is 0 Å². The summed E-state index contributed by atoms with van der Waals surface area (Å²) in [5, 5.41) is 3.98. The number of aryl methyl sites for hydroxylation is 1. The van der Waals surface area contributed by atoms with Crippen LogP contribution in [0.3, 0.4) is 0 Å². The minimum absolute atomic E-state index is 0.228. The minimum atomic E-state index is -2.81. The molecule has 4 nitrogen and oxygen atoms in total. The zero-order valence-electron chi connectivity index (χ0n) is 7.68. The highest BCUT2D eigenvalue weighted by Gasteiger charge is 2.06. The second-order valence-corrected chi connectivity index (χ2v) is 5.33. The number of rotatable bonds is 5. The van der Waals surface area contributed by atoms with Gasteiger partial charge in [0.1, 0.15) is 9.84 Å². The maximum atomic E-state index is 11.1. The first-order valence-corrected chi connectivity index (χ1v) is 6.14. The fourth-order valence-corrected chi connectivity index (χ4v) is 1.88. The normalized spacial score (nSPS) is 11.8. The van der Waals surface area contributed by atoms with Crippen molar-refractivity contribution in [3.8, 4) is 0 Å². The molecule has 5 heteroatoms. The van der Waals surface area contributed by atoms with Gasteiger partial charge in [0.2, 0.25) is 0 Å². The smallest absolute Gasteiger partial charge is 0.150 e. The van der Waals surface area contributed by atoms with E-state index in [0.717, 1.165) is 0 Å². The Bertz CT molecular complexity index is 329. The first-order valence-electron chi connectivity index (χ1n) is 4.32. The van der Waals surface area contributed by atoms with Gasteiger partial charge in [0, 0.05) is 24.7 Å². The summed E-state index contributed by atoms with van der Waals surface area (Å²) in [6.07, 6.45) is 4.16. The van der Waals surface area contributed by atoms with Gasteiger partial charge in [0.05, 0.1) is 5.75 Å². The van der Waals surface area contributed by atoms with Gasteiger partial charge < -0.3 is 0 Å². The fourth-order valence-electron chi connectivity index (χ4n) is 1.02. The molecular formula is C8H14N2O2S. The summed E-state index contributed by atoms with van der Waals surface area (Å²) in [6.45, 7) is 2.34. The van der Waals surface area contributed by atoms with Crippen LogP contribution in [0.4, 0.5) is 0 Å². The summed E-state index contributed by atoms with van der Waals surface area (Å²) in [5.74, 6) is 0.482. The Labute approximate surface area is 78.5 Å². The first kappa shape index (κ1) is 10.2. The molecule has 74 valence electrons. The molecule has 0 bridgehead atoms. The van der Waals surface area contributed by atoms with Crippen molar-refractivity contribution in [1.82, 2.24) is 9.78 Å². The zero-order valence-corrected chi connectivity index (χ0v) is 8.50. The highest BCUT2D eigenvalue weighted by molar-refractivity contribution is 7.91. The van der Waals surface area contributed by atoms with Gasteiger partial charge in [0.25, 0.3) is 0 Å². The Morgan fingerprint density at radius 3 is 2.77 bits per heavy atom. The quantitative estimate of drug-likeness (QED) is 0.706. The van der Waals surface area contributed by atoms with Crippen molar-refractivity contribution in [1.29, 1.82) is 0 Å². The largest absolute Gasteiger partial charge is 0.273 e. The van der Waals surface area contributed by atoms with E-state index in [2.05, 4.69) is 5.10 Å². The maximum absolute atomic E-state index is 11.1. The van der Waals surface area contributed by atoms with E-state index in [1.54, 1.807) is 17.8 Å². The maximum Gasteiger partial charge on any atom is 0.150 e. The van der Waals surface area contributed by atoms with Gasteiger partial charge in [-0.3, -0.25) is 4.68 Å². The summed E-state index contributed by atoms with van der Waals surface area (Å²) >= 11 is 0. The molecule has 0 fully saturated rings. The molecule has 1 aromatic heterocycles. The van der Waals surface area contributed by atoms with Gasteiger partial charge in [0.15, 0.2) is 0 Å². The topological polar surface area (TPSA) is 52.0 Å². The van der Waals surface area contributed by atoms with Crippen LogP contribution >= 0.6 is 0 Å². The Morgan fingerprint density at radius 1 is 1.46 bits per heavy atom. The third kappa shape index (κ3) is 3.59. The van der Waals surface area contributed by atoms with Gasteiger partial charge in [-0.15, -0.1) is 0 Å². The van der Waals surface area contributed by atoms with Gasteiger partial charge in [-0.2, -0.15) is 5.10 Å². The van der Waals surface area contributed by atoms with Crippen LogP contribution in [0.25, 0.3) is 0 Å². The first-order chi connectivity index (χ1) is 6.14. The lowest BCUT2D eigenvalue weighted by Crippen LogP contribution is -2.11. The van der Waals surface area contributed by atoms with Crippen molar-refractivity contribution in [3.05, 3.63) is 18.5 Å². The molecule has 0 saturated carbocycles. The summed E-state index contributed by atoms with van der Waals surface area (Å²) < 4.78 is 23.9. The third-order valence-electron chi connectivity index (χ3n) is 1.84. The zero-order chi connectivity index (χ0) is 9.73. The van der Waals surface area contributed by atoms with Crippen LogP contribution in [0.1, 0.15) is 13.3 Å². The average Bonchev–Trinajstić information content (AvgIpc) is 2.57. The Morgan fingerprint density at radius 2 is 2.23 bits per heavy atom. The van der Waals surface area contributed by atoms with Crippen molar-refractivity contribution in [3.63, 3.8) is 0 Å². The van der Waals surface area contributed by atoms with Crippen LogP contribution in [0, 0.1) is 0 Å². The molecule has 0 aliphatic heterocycles. The Hall–Kier alpha value is -0.840. The molecule has 1 heterocycles. The molecule has 0 aromatic carbocycles. The van der Waals surface area contributed by atoms with E-state index < -0.39 is 9.84 Å². The monoisotopic (exact) mass is 202 g/mol. The van der Waals surface area contributed by atoms with E-state index in [9.17, 15) is 8.42 Å². The van der Waals surface area contributed by atoms with Gasteiger partial charge in [-0.25, -0.2) is 8.42 Å². The van der Waals surface area contributed by atoms with Gasteiger partial charge in [-0.05, 0) is 12.5 Å². The summed E-state index contributed by atoms with van der Waals surface area (Å²) in [7, 11) is -2.81. The van der Waals surface area contributed by atoms with Gasteiger partial charge >= 0.3 is 0 Å². The molecule has 1 rings (SSSR count). The minimum Gasteiger partial charge on any atom is -0.273 e. The third-order valence-corrected chi connectivity index (χ3v) is 3.63. The van der Waals surface area contributed by atoms with E-state index in [-0.39, 0.29) is 11.5 Å². The number of hydrogen-bond donors (Lipinski definition) is 0. The molecule has 0 unspecified atom stereocenters. The number of aromatic nitrogens is 2. The lowest BCUT2D eigenvalue weighted by atomic mass is 10.5. The highest BCUT2D eigenvalue weighted by Crippen LogP contribution is 1.96. The molecule has 0 saturated heterocycles. The molecular weight excluding hydrogens is 188 g/mol. The molecule has 0 N–H and O–H groups in total. The lowest BCUT2D eigenvalue weighted by molar-refractivity contribution is 0.573. The van der Waals surface area contributed by atoms with Crippen LogP contribution in [-0.2, 0) is 16.4 Å². The van der Waals surface area contributed by atoms with Crippen molar-refractivity contribution in [2.75, 3.05) is 11.5 Å². The van der Waals surface area contributed by atoms with E-state index in [1.165, 1.54) is 0 Å². The number of nitrogens with zero attached hydrogens (tertiary/aromatic N) is 2. The predicted molar refractivity (Wildman–Crippen MR) is 51.2 cm³/mol. The molecule has 0 aliphatic rings. The highest BCUT2D eigenvalue weighted by atomic mass is 32.2. The van der Waals surface area contributed by atoms with Crippen LogP contribution in [0.5, 0.6) is 0 Å². The average molecular weight is 202 g/mol. The molecule has 13 heavy (non-hydrogen) atoms. The van der Waals surface area contributed by atoms with Crippen molar-refractivity contribution >= 4 is 9.84 Å². The fraction of sp³-hybridized carbons (Fsp3) is 0.625. The van der Waals surface area contributed by atoms with Crippen molar-refractivity contribution in [2.24, 2.45) is 0 Å². The molecule has 1 aromatic rings. The predicted octanol–water partition coefficient (Wildman–Crippen LogP) is 0.708. The second-order valence-electron chi connectivity index (χ2n) is 2.86. The standard InChI is InChI=1S/C8H14N2O2S/c1-2-13(11,12)8-4-7-10-6-3-5-9-10/h3,5-6H,2,4,7-8H2,1H3. The van der Waals surface area contributed by atoms with Crippen molar-refractivity contribution < 1.29 is 8.42 Å². The Balaban J connectivity index is 2.30. The lowest BCUT2D eigenvalue weighted by Gasteiger charge is -2.01. The van der Waals surface area contributed by atoms with Crippen LogP contribution < -0.4 is 0 Å². The summed E-state index contributed by atoms with van der Waals surface area (Å²) in [6, 6.07) is 1.83. The molecule has 0 atom stereocenters. The summed E-state index contributed by atoms with van der Waals surface area (Å²) in [4.78, 5) is 0. The van der Waals surface area contributed by atoms with Crippen LogP contribution in [-0.4, -0.2) is 29.7 Å². The van der Waals surface area contributed by atoms with E-state index in [4.69, 9.17) is 0 Å². The second kappa shape index (κ2) is 4.41. The SMILES string of the molecule is CCS(=O)(=O)CCCn1cccn1. The number of sulfone groups is 1. The molecule has 0 spiro atoms. The summed E-state index contributed by atoms with van der Waals surface area (Å²) in [5.41, 5.74) is 0. The molecule has 0 amide bonds. The molecule has 0 radical (unpaired) electrons. The molecule has 0 aliphatic carbocycles. The number of hydrogen-bond acceptors (Lipinski definition) is 3.